The van der Waals surface area contributed by atoms with Gasteiger partial charge in [-0.15, -0.1) is 0 Å². The van der Waals surface area contributed by atoms with Crippen LogP contribution in [-0.2, 0) is 0 Å². The molecular formula is C23H28N2O4. The van der Waals surface area contributed by atoms with Crippen molar-refractivity contribution in [1.29, 1.82) is 0 Å². The minimum Gasteiger partial charge on any atom is -0.493 e. The highest BCUT2D eigenvalue weighted by atomic mass is 16.5. The summed E-state index contributed by atoms with van der Waals surface area (Å²) >= 11 is 0. The predicted octanol–water partition coefficient (Wildman–Crippen LogP) is 3.57. The highest BCUT2D eigenvalue weighted by molar-refractivity contribution is 5.97. The van der Waals surface area contributed by atoms with Crippen molar-refractivity contribution in [3.05, 3.63) is 59.7 Å². The van der Waals surface area contributed by atoms with Gasteiger partial charge >= 0.3 is 0 Å². The zero-order valence-electron chi connectivity index (χ0n) is 16.6. The molecule has 0 saturated heterocycles. The minimum absolute atomic E-state index is 0.134. The SMILES string of the molecule is O=C1NCCCCNC(=O)c2ccccc2OCCCCCOc2ccccc21. The molecule has 154 valence electrons. The zero-order chi connectivity index (χ0) is 20.3. The van der Waals surface area contributed by atoms with Crippen LogP contribution in [0.4, 0.5) is 0 Å². The van der Waals surface area contributed by atoms with E-state index in [1.807, 2.05) is 36.4 Å². The molecule has 0 saturated carbocycles. The molecule has 0 radical (unpaired) electrons. The number of benzene rings is 2. The Labute approximate surface area is 171 Å². The third kappa shape index (κ3) is 6.24. The van der Waals surface area contributed by atoms with Crippen LogP contribution < -0.4 is 20.1 Å². The van der Waals surface area contributed by atoms with Gasteiger partial charge in [-0.3, -0.25) is 9.59 Å². The Morgan fingerprint density at radius 3 is 1.52 bits per heavy atom. The Morgan fingerprint density at radius 1 is 0.586 bits per heavy atom. The number of hydrogen-bond acceptors (Lipinski definition) is 4. The Balaban J connectivity index is 1.63. The van der Waals surface area contributed by atoms with Gasteiger partial charge in [-0.1, -0.05) is 24.3 Å². The molecule has 29 heavy (non-hydrogen) atoms. The fourth-order valence-electron chi connectivity index (χ4n) is 3.15. The van der Waals surface area contributed by atoms with E-state index in [1.165, 1.54) is 0 Å². The second-order valence-corrected chi connectivity index (χ2v) is 6.97. The minimum atomic E-state index is -0.134. The van der Waals surface area contributed by atoms with E-state index in [0.29, 0.717) is 48.9 Å². The Kier molecular flexibility index (Phi) is 7.92. The fraction of sp³-hybridized carbons (Fsp3) is 0.391. The highest BCUT2D eigenvalue weighted by Crippen LogP contribution is 2.20. The van der Waals surface area contributed by atoms with E-state index in [1.54, 1.807) is 12.1 Å². The summed E-state index contributed by atoms with van der Waals surface area (Å²) in [5, 5.41) is 5.86. The van der Waals surface area contributed by atoms with Gasteiger partial charge in [-0.05, 0) is 56.4 Å². The van der Waals surface area contributed by atoms with Crippen LogP contribution >= 0.6 is 0 Å². The molecule has 0 spiro atoms. The average molecular weight is 396 g/mol. The topological polar surface area (TPSA) is 76.7 Å². The molecule has 6 nitrogen and oxygen atoms in total. The van der Waals surface area contributed by atoms with E-state index in [2.05, 4.69) is 10.6 Å². The van der Waals surface area contributed by atoms with Crippen molar-refractivity contribution in [2.24, 2.45) is 0 Å². The summed E-state index contributed by atoms with van der Waals surface area (Å²) in [6.07, 6.45) is 4.20. The molecule has 1 heterocycles. The van der Waals surface area contributed by atoms with E-state index >= 15 is 0 Å². The van der Waals surface area contributed by atoms with Crippen LogP contribution in [0.15, 0.2) is 48.5 Å². The quantitative estimate of drug-likeness (QED) is 0.714. The summed E-state index contributed by atoms with van der Waals surface area (Å²) in [7, 11) is 0. The van der Waals surface area contributed by atoms with E-state index in [9.17, 15) is 9.59 Å². The van der Waals surface area contributed by atoms with Crippen molar-refractivity contribution in [3.63, 3.8) is 0 Å². The first-order valence-corrected chi connectivity index (χ1v) is 10.3. The van der Waals surface area contributed by atoms with Gasteiger partial charge in [0.1, 0.15) is 11.5 Å². The number of para-hydroxylation sites is 2. The van der Waals surface area contributed by atoms with Crippen molar-refractivity contribution in [1.82, 2.24) is 10.6 Å². The van der Waals surface area contributed by atoms with Crippen LogP contribution in [-0.4, -0.2) is 38.1 Å². The zero-order valence-corrected chi connectivity index (χ0v) is 16.6. The number of amides is 2. The molecule has 6 heteroatoms. The van der Waals surface area contributed by atoms with E-state index in [4.69, 9.17) is 9.47 Å². The number of nitrogens with one attached hydrogen (secondary N) is 2. The van der Waals surface area contributed by atoms with Crippen LogP contribution in [0.1, 0.15) is 52.8 Å². The van der Waals surface area contributed by atoms with E-state index < -0.39 is 0 Å². The molecule has 2 amide bonds. The van der Waals surface area contributed by atoms with Gasteiger partial charge in [0.05, 0.1) is 24.3 Å². The van der Waals surface area contributed by atoms with Crippen molar-refractivity contribution in [2.75, 3.05) is 26.3 Å². The smallest absolute Gasteiger partial charge is 0.255 e. The van der Waals surface area contributed by atoms with Crippen molar-refractivity contribution in [2.45, 2.75) is 32.1 Å². The maximum atomic E-state index is 12.5. The second kappa shape index (κ2) is 11.1. The normalized spacial score (nSPS) is 17.0. The van der Waals surface area contributed by atoms with E-state index in [-0.39, 0.29) is 11.8 Å². The van der Waals surface area contributed by atoms with Gasteiger partial charge < -0.3 is 20.1 Å². The Hall–Kier alpha value is -3.02. The second-order valence-electron chi connectivity index (χ2n) is 6.97. The van der Waals surface area contributed by atoms with Crippen LogP contribution in [0.3, 0.4) is 0 Å². The number of hydrogen-bond donors (Lipinski definition) is 2. The van der Waals surface area contributed by atoms with Crippen molar-refractivity contribution < 1.29 is 19.1 Å². The molecule has 1 aliphatic rings. The molecule has 3 rings (SSSR count). The number of ether oxygens (including phenoxy) is 2. The van der Waals surface area contributed by atoms with Gasteiger partial charge in [0.15, 0.2) is 0 Å². The summed E-state index contributed by atoms with van der Waals surface area (Å²) in [5.41, 5.74) is 1.11. The first kappa shape index (κ1) is 20.7. The van der Waals surface area contributed by atoms with Gasteiger partial charge in [0.25, 0.3) is 11.8 Å². The largest absolute Gasteiger partial charge is 0.493 e. The van der Waals surface area contributed by atoms with Crippen LogP contribution in [0.2, 0.25) is 0 Å². The first-order valence-electron chi connectivity index (χ1n) is 10.3. The third-order valence-electron chi connectivity index (χ3n) is 4.74. The van der Waals surface area contributed by atoms with Gasteiger partial charge in [0, 0.05) is 13.1 Å². The number of carbonyl (C=O) groups excluding carboxylic acids is 2. The maximum absolute atomic E-state index is 12.5. The number of rotatable bonds is 0. The summed E-state index contributed by atoms with van der Waals surface area (Å²) < 4.78 is 11.7. The maximum Gasteiger partial charge on any atom is 0.255 e. The summed E-state index contributed by atoms with van der Waals surface area (Å²) in [5.74, 6) is 0.954. The Morgan fingerprint density at radius 2 is 1.03 bits per heavy atom. The third-order valence-corrected chi connectivity index (χ3v) is 4.74. The van der Waals surface area contributed by atoms with Crippen molar-refractivity contribution >= 4 is 11.8 Å². The molecule has 0 aromatic heterocycles. The molecule has 0 fully saturated rings. The molecule has 2 aromatic carbocycles. The summed E-state index contributed by atoms with van der Waals surface area (Å²) in [6, 6.07) is 14.6. The average Bonchev–Trinajstić information content (AvgIpc) is 2.75. The molecule has 0 aliphatic carbocycles. The number of fused-ring (bicyclic) bond motifs is 2. The monoisotopic (exact) mass is 396 g/mol. The predicted molar refractivity (Wildman–Crippen MR) is 112 cm³/mol. The first-order chi connectivity index (χ1) is 14.3. The lowest BCUT2D eigenvalue weighted by atomic mass is 10.1. The molecule has 2 N–H and O–H groups in total. The van der Waals surface area contributed by atoms with Crippen LogP contribution in [0, 0.1) is 0 Å². The Bertz CT molecular complexity index is 755. The lowest BCUT2D eigenvalue weighted by Crippen LogP contribution is -2.27. The van der Waals surface area contributed by atoms with Gasteiger partial charge in [0.2, 0.25) is 0 Å². The summed E-state index contributed by atoms with van der Waals surface area (Å²) in [4.78, 5) is 24.9. The molecule has 1 aliphatic heterocycles. The molecular weight excluding hydrogens is 368 g/mol. The van der Waals surface area contributed by atoms with Crippen LogP contribution in [0.5, 0.6) is 11.5 Å². The molecule has 0 atom stereocenters. The van der Waals surface area contributed by atoms with Gasteiger partial charge in [-0.25, -0.2) is 0 Å². The molecule has 2 aromatic rings. The van der Waals surface area contributed by atoms with Crippen LogP contribution in [0.25, 0.3) is 0 Å². The standard InChI is InChI=1S/C23H28N2O4/c26-22-18-10-2-4-12-20(18)28-16-8-1-9-17-29-21-13-5-3-11-19(21)23(27)25-15-7-6-14-24-22/h2-5,10-13H,1,6-9,14-17H2,(H,24,26)(H,25,27). The summed E-state index contributed by atoms with van der Waals surface area (Å²) in [6.45, 7) is 2.18. The lowest BCUT2D eigenvalue weighted by molar-refractivity contribution is 0.0935. The molecule has 0 unspecified atom stereocenters. The fourth-order valence-corrected chi connectivity index (χ4v) is 3.15. The highest BCUT2D eigenvalue weighted by Gasteiger charge is 2.13. The van der Waals surface area contributed by atoms with Crippen molar-refractivity contribution in [3.8, 4) is 11.5 Å². The lowest BCUT2D eigenvalue weighted by Gasteiger charge is -2.12. The molecule has 0 bridgehead atoms. The van der Waals surface area contributed by atoms with Gasteiger partial charge in [-0.2, -0.15) is 0 Å². The van der Waals surface area contributed by atoms with E-state index in [0.717, 1.165) is 32.1 Å². The number of carbonyl (C=O) groups is 2.